The van der Waals surface area contributed by atoms with Gasteiger partial charge >= 0.3 is 6.03 Å². The highest BCUT2D eigenvalue weighted by Crippen LogP contribution is 2.34. The minimum absolute atomic E-state index is 0.109. The molecule has 1 aromatic carbocycles. The van der Waals surface area contributed by atoms with E-state index in [1.54, 1.807) is 47.4 Å². The number of carbonyl (C=O) groups excluding carboxylic acids is 2. The van der Waals surface area contributed by atoms with Crippen LogP contribution < -0.4 is 19.9 Å². The fraction of sp³-hybridized carbons (Fsp3) is 0.280. The van der Waals surface area contributed by atoms with E-state index in [-0.39, 0.29) is 37.2 Å². The van der Waals surface area contributed by atoms with Crippen LogP contribution in [0.25, 0.3) is 11.3 Å². The highest BCUT2D eigenvalue weighted by atomic mass is 35.5. The van der Waals surface area contributed by atoms with Crippen molar-refractivity contribution in [3.63, 3.8) is 0 Å². The molecule has 10 nitrogen and oxygen atoms in total. The summed E-state index contributed by atoms with van der Waals surface area (Å²) in [4.78, 5) is 38.2. The number of amides is 3. The summed E-state index contributed by atoms with van der Waals surface area (Å²) in [5.74, 6) is 0.621. The number of carbonyl (C=O) groups is 2. The fourth-order valence-electron chi connectivity index (χ4n) is 3.76. The third-order valence-electron chi connectivity index (χ3n) is 5.53. The zero-order valence-electron chi connectivity index (χ0n) is 19.6. The average Bonchev–Trinajstić information content (AvgIpc) is 3.02. The van der Waals surface area contributed by atoms with E-state index >= 15 is 0 Å². The second-order valence-corrected chi connectivity index (χ2v) is 8.46. The Balaban J connectivity index is 1.65. The zero-order chi connectivity index (χ0) is 25.7. The van der Waals surface area contributed by atoms with Crippen LogP contribution in [0.2, 0.25) is 5.02 Å². The van der Waals surface area contributed by atoms with Crippen molar-refractivity contribution < 1.29 is 24.5 Å². The van der Waals surface area contributed by atoms with Gasteiger partial charge in [-0.15, -0.1) is 0 Å². The number of urea groups is 1. The first-order chi connectivity index (χ1) is 17.4. The van der Waals surface area contributed by atoms with Crippen molar-refractivity contribution in [1.29, 1.82) is 0 Å². The lowest BCUT2D eigenvalue weighted by Gasteiger charge is -2.24. The zero-order valence-corrected chi connectivity index (χ0v) is 20.4. The van der Waals surface area contributed by atoms with E-state index in [9.17, 15) is 14.7 Å². The molecule has 3 heterocycles. The monoisotopic (exact) mass is 511 g/mol. The van der Waals surface area contributed by atoms with Crippen molar-refractivity contribution in [2.24, 2.45) is 0 Å². The number of ether oxygens (including phenoxy) is 1. The van der Waals surface area contributed by atoms with E-state index in [0.717, 1.165) is 5.56 Å². The molecule has 0 bridgehead atoms. The highest BCUT2D eigenvalue weighted by molar-refractivity contribution is 6.30. The number of halogens is 1. The summed E-state index contributed by atoms with van der Waals surface area (Å²) in [7, 11) is 0. The minimum atomic E-state index is -1.04. The van der Waals surface area contributed by atoms with Gasteiger partial charge in [-0.2, -0.15) is 4.98 Å². The molecule has 0 spiro atoms. The molecule has 0 saturated carbocycles. The van der Waals surface area contributed by atoms with Gasteiger partial charge in [-0.3, -0.25) is 15.0 Å². The van der Waals surface area contributed by atoms with Crippen LogP contribution in [0, 0.1) is 0 Å². The van der Waals surface area contributed by atoms with Crippen molar-refractivity contribution in [2.75, 3.05) is 41.4 Å². The summed E-state index contributed by atoms with van der Waals surface area (Å²) in [6, 6.07) is 15.1. The summed E-state index contributed by atoms with van der Waals surface area (Å²) in [5.41, 5.74) is 1.92. The fourth-order valence-corrected chi connectivity index (χ4v) is 3.95. The normalized spacial score (nSPS) is 14.2. The van der Waals surface area contributed by atoms with Crippen molar-refractivity contribution in [1.82, 2.24) is 9.97 Å². The van der Waals surface area contributed by atoms with Crippen LogP contribution >= 0.6 is 11.6 Å². The number of rotatable bonds is 7. The Labute approximate surface area is 213 Å². The molecule has 11 heteroatoms. The molecule has 4 rings (SSSR count). The van der Waals surface area contributed by atoms with Gasteiger partial charge in [0.15, 0.2) is 5.82 Å². The third kappa shape index (κ3) is 5.73. The van der Waals surface area contributed by atoms with Crippen LogP contribution in [0.5, 0.6) is 5.88 Å². The van der Waals surface area contributed by atoms with Gasteiger partial charge in [0.2, 0.25) is 11.8 Å². The number of nitrogens with zero attached hydrogens (tertiary/aromatic N) is 4. The Bertz CT molecular complexity index is 1260. The number of benzene rings is 1. The van der Waals surface area contributed by atoms with E-state index in [0.29, 0.717) is 28.8 Å². The molecule has 2 aromatic heterocycles. The summed E-state index contributed by atoms with van der Waals surface area (Å²) >= 11 is 6.16. The molecule has 0 saturated heterocycles. The first kappa shape index (κ1) is 25.4. The van der Waals surface area contributed by atoms with Crippen LogP contribution in [-0.2, 0) is 4.79 Å². The van der Waals surface area contributed by atoms with E-state index in [2.05, 4.69) is 10.3 Å². The molecular weight excluding hydrogens is 486 g/mol. The van der Waals surface area contributed by atoms with Crippen molar-refractivity contribution >= 4 is 40.9 Å². The van der Waals surface area contributed by atoms with E-state index < -0.39 is 18.7 Å². The molecule has 188 valence electrons. The highest BCUT2D eigenvalue weighted by Gasteiger charge is 2.30. The van der Waals surface area contributed by atoms with Crippen LogP contribution in [0.1, 0.15) is 13.3 Å². The molecule has 0 fully saturated rings. The van der Waals surface area contributed by atoms with Gasteiger partial charge in [0, 0.05) is 36.2 Å². The number of aliphatic hydroxyl groups is 2. The van der Waals surface area contributed by atoms with Crippen molar-refractivity contribution in [3.05, 3.63) is 59.6 Å². The van der Waals surface area contributed by atoms with Gasteiger partial charge in [-0.05, 0) is 37.3 Å². The summed E-state index contributed by atoms with van der Waals surface area (Å²) in [6.45, 7) is 1.83. The molecule has 36 heavy (non-hydrogen) atoms. The predicted molar refractivity (Wildman–Crippen MR) is 137 cm³/mol. The van der Waals surface area contributed by atoms with Crippen LogP contribution in [0.15, 0.2) is 54.6 Å². The third-order valence-corrected chi connectivity index (χ3v) is 5.76. The van der Waals surface area contributed by atoms with Gasteiger partial charge in [0.05, 0.1) is 18.0 Å². The molecule has 3 aromatic rings. The number of nitrogens with one attached hydrogen (secondary N) is 1. The second kappa shape index (κ2) is 11.3. The minimum Gasteiger partial charge on any atom is -0.475 e. The average molecular weight is 512 g/mol. The lowest BCUT2D eigenvalue weighted by Crippen LogP contribution is -2.36. The SMILES string of the molecule is CCN1C(=O)CCN(C(=O)Nc2cccc(OCC(O)CO)n2)c2nc(-c3cccc(Cl)c3)ccc21. The first-order valence-corrected chi connectivity index (χ1v) is 11.8. The topological polar surface area (TPSA) is 128 Å². The second-order valence-electron chi connectivity index (χ2n) is 8.03. The largest absolute Gasteiger partial charge is 0.475 e. The molecule has 0 radical (unpaired) electrons. The van der Waals surface area contributed by atoms with E-state index in [1.165, 1.54) is 4.90 Å². The standard InChI is InChI=1S/C25H26ClN5O5/c1-2-30-20-10-9-19(16-5-3-6-17(26)13-16)27-24(20)31(12-11-23(30)34)25(35)29-21-7-4-8-22(28-21)36-15-18(33)14-32/h3-10,13,18,32-33H,2,11-12,14-15H2,1H3,(H,28,29,35). The van der Waals surface area contributed by atoms with Crippen LogP contribution in [0.3, 0.4) is 0 Å². The quantitative estimate of drug-likeness (QED) is 0.444. The Kier molecular flexibility index (Phi) is 7.99. The number of fused-ring (bicyclic) bond motifs is 1. The maximum absolute atomic E-state index is 13.4. The number of aliphatic hydroxyl groups excluding tert-OH is 2. The van der Waals surface area contributed by atoms with Gasteiger partial charge in [-0.1, -0.05) is 29.8 Å². The predicted octanol–water partition coefficient (Wildman–Crippen LogP) is 3.32. The molecule has 0 aliphatic carbocycles. The molecule has 1 unspecified atom stereocenters. The number of anilines is 3. The lowest BCUT2D eigenvalue weighted by atomic mass is 10.1. The summed E-state index contributed by atoms with van der Waals surface area (Å²) < 4.78 is 5.36. The molecule has 3 amide bonds. The molecule has 3 N–H and O–H groups in total. The smallest absolute Gasteiger partial charge is 0.328 e. The van der Waals surface area contributed by atoms with Crippen LogP contribution in [-0.4, -0.2) is 64.5 Å². The maximum atomic E-state index is 13.4. The Hall–Kier alpha value is -3.73. The van der Waals surface area contributed by atoms with Crippen molar-refractivity contribution in [3.8, 4) is 17.1 Å². The Morgan fingerprint density at radius 1 is 1.19 bits per heavy atom. The van der Waals surface area contributed by atoms with Gasteiger partial charge < -0.3 is 19.8 Å². The van der Waals surface area contributed by atoms with Crippen molar-refractivity contribution in [2.45, 2.75) is 19.4 Å². The number of pyridine rings is 2. The molecule has 1 atom stereocenters. The summed E-state index contributed by atoms with van der Waals surface area (Å²) in [6.07, 6.45) is -0.919. The number of hydrogen-bond acceptors (Lipinski definition) is 7. The molecule has 1 aliphatic rings. The molecular formula is C25H26ClN5O5. The summed E-state index contributed by atoms with van der Waals surface area (Å²) in [5, 5.41) is 21.7. The van der Waals surface area contributed by atoms with E-state index in [1.807, 2.05) is 19.1 Å². The van der Waals surface area contributed by atoms with E-state index in [4.69, 9.17) is 26.4 Å². The maximum Gasteiger partial charge on any atom is 0.328 e. The number of aromatic nitrogens is 2. The van der Waals surface area contributed by atoms with Crippen LogP contribution in [0.4, 0.5) is 22.1 Å². The van der Waals surface area contributed by atoms with Gasteiger partial charge in [0.25, 0.3) is 0 Å². The Morgan fingerprint density at radius 3 is 2.75 bits per heavy atom. The molecule has 1 aliphatic heterocycles. The number of hydrogen-bond donors (Lipinski definition) is 3. The lowest BCUT2D eigenvalue weighted by molar-refractivity contribution is -0.118. The Morgan fingerprint density at radius 2 is 2.00 bits per heavy atom. The van der Waals surface area contributed by atoms with Gasteiger partial charge in [-0.25, -0.2) is 9.78 Å². The van der Waals surface area contributed by atoms with Gasteiger partial charge in [0.1, 0.15) is 18.5 Å². The first-order valence-electron chi connectivity index (χ1n) is 11.4.